The lowest BCUT2D eigenvalue weighted by molar-refractivity contribution is -0.143. The van der Waals surface area contributed by atoms with Crippen molar-refractivity contribution in [2.24, 2.45) is 0 Å². The van der Waals surface area contributed by atoms with E-state index in [9.17, 15) is 9.59 Å². The van der Waals surface area contributed by atoms with Crippen molar-refractivity contribution < 1.29 is 19.1 Å². The Labute approximate surface area is 183 Å². The first-order chi connectivity index (χ1) is 15.1. The number of methoxy groups -OCH3 is 1. The van der Waals surface area contributed by atoms with Crippen LogP contribution in [0.3, 0.4) is 0 Å². The van der Waals surface area contributed by atoms with Gasteiger partial charge in [-0.2, -0.15) is 0 Å². The number of ether oxygens (including phenoxy) is 2. The van der Waals surface area contributed by atoms with Crippen LogP contribution in [0.1, 0.15) is 31.2 Å². The SMILES string of the molecule is COc1ccc(CCC(=O)N2CC(Oc3cccnc3)CC2C(=O)N2CCCC2)cc1. The highest BCUT2D eigenvalue weighted by Gasteiger charge is 2.42. The highest BCUT2D eigenvalue weighted by molar-refractivity contribution is 5.88. The number of aryl methyl sites for hydroxylation is 1. The third kappa shape index (κ3) is 5.16. The van der Waals surface area contributed by atoms with Gasteiger partial charge in [-0.05, 0) is 49.1 Å². The second-order valence-electron chi connectivity index (χ2n) is 8.11. The highest BCUT2D eigenvalue weighted by atomic mass is 16.5. The minimum absolute atomic E-state index is 0.00866. The molecule has 0 aliphatic carbocycles. The molecule has 0 N–H and O–H groups in total. The van der Waals surface area contributed by atoms with Crippen LogP contribution in [-0.4, -0.2) is 65.5 Å². The zero-order valence-electron chi connectivity index (χ0n) is 17.9. The van der Waals surface area contributed by atoms with E-state index in [2.05, 4.69) is 4.98 Å². The van der Waals surface area contributed by atoms with Crippen LogP contribution in [-0.2, 0) is 16.0 Å². The first-order valence-electron chi connectivity index (χ1n) is 10.9. The molecule has 164 valence electrons. The summed E-state index contributed by atoms with van der Waals surface area (Å²) in [5.41, 5.74) is 1.07. The summed E-state index contributed by atoms with van der Waals surface area (Å²) in [4.78, 5) is 34.0. The maximum absolute atomic E-state index is 13.2. The lowest BCUT2D eigenvalue weighted by Crippen LogP contribution is -2.47. The molecule has 3 heterocycles. The number of aromatic nitrogens is 1. The largest absolute Gasteiger partial charge is 0.497 e. The molecular formula is C24H29N3O4. The number of hydrogen-bond acceptors (Lipinski definition) is 5. The van der Waals surface area contributed by atoms with Gasteiger partial charge >= 0.3 is 0 Å². The molecule has 0 radical (unpaired) electrons. The van der Waals surface area contributed by atoms with Gasteiger partial charge < -0.3 is 19.3 Å². The van der Waals surface area contributed by atoms with Gasteiger partial charge in [-0.15, -0.1) is 0 Å². The summed E-state index contributed by atoms with van der Waals surface area (Å²) in [6.07, 6.45) is 6.68. The lowest BCUT2D eigenvalue weighted by atomic mass is 10.1. The van der Waals surface area contributed by atoms with Gasteiger partial charge in [0.15, 0.2) is 0 Å². The van der Waals surface area contributed by atoms with Crippen LogP contribution >= 0.6 is 0 Å². The maximum atomic E-state index is 13.2. The van der Waals surface area contributed by atoms with Crippen molar-refractivity contribution in [2.75, 3.05) is 26.7 Å². The fourth-order valence-corrected chi connectivity index (χ4v) is 4.34. The number of likely N-dealkylation sites (tertiary alicyclic amines) is 2. The molecule has 2 unspecified atom stereocenters. The fraction of sp³-hybridized carbons (Fsp3) is 0.458. The Balaban J connectivity index is 1.43. The summed E-state index contributed by atoms with van der Waals surface area (Å²) >= 11 is 0. The van der Waals surface area contributed by atoms with E-state index < -0.39 is 6.04 Å². The third-order valence-electron chi connectivity index (χ3n) is 6.01. The minimum atomic E-state index is -0.455. The summed E-state index contributed by atoms with van der Waals surface area (Å²) in [6.45, 7) is 1.97. The Morgan fingerprint density at radius 2 is 1.87 bits per heavy atom. The van der Waals surface area contributed by atoms with E-state index in [0.717, 1.165) is 37.2 Å². The smallest absolute Gasteiger partial charge is 0.245 e. The monoisotopic (exact) mass is 423 g/mol. The molecule has 2 aliphatic heterocycles. The van der Waals surface area contributed by atoms with Crippen LogP contribution in [0.15, 0.2) is 48.8 Å². The van der Waals surface area contributed by atoms with Crippen LogP contribution in [0.2, 0.25) is 0 Å². The number of amides is 2. The van der Waals surface area contributed by atoms with Gasteiger partial charge in [0, 0.05) is 32.1 Å². The van der Waals surface area contributed by atoms with Crippen LogP contribution in [0.5, 0.6) is 11.5 Å². The average molecular weight is 424 g/mol. The summed E-state index contributed by atoms with van der Waals surface area (Å²) < 4.78 is 11.2. The van der Waals surface area contributed by atoms with Gasteiger partial charge in [0.2, 0.25) is 11.8 Å². The number of pyridine rings is 1. The Kier molecular flexibility index (Phi) is 6.70. The highest BCUT2D eigenvalue weighted by Crippen LogP contribution is 2.26. The van der Waals surface area contributed by atoms with Crippen molar-refractivity contribution in [1.29, 1.82) is 0 Å². The molecule has 1 aromatic heterocycles. The molecule has 0 bridgehead atoms. The van der Waals surface area contributed by atoms with Crippen molar-refractivity contribution in [1.82, 2.24) is 14.8 Å². The quantitative estimate of drug-likeness (QED) is 0.685. The van der Waals surface area contributed by atoms with E-state index in [1.54, 1.807) is 24.4 Å². The van der Waals surface area contributed by atoms with Gasteiger partial charge in [-0.1, -0.05) is 12.1 Å². The second kappa shape index (κ2) is 9.81. The van der Waals surface area contributed by atoms with Gasteiger partial charge in [-0.25, -0.2) is 0 Å². The minimum Gasteiger partial charge on any atom is -0.497 e. The average Bonchev–Trinajstić information content (AvgIpc) is 3.49. The van der Waals surface area contributed by atoms with E-state index in [4.69, 9.17) is 9.47 Å². The molecule has 2 saturated heterocycles. The molecule has 2 fully saturated rings. The van der Waals surface area contributed by atoms with Crippen LogP contribution in [0.25, 0.3) is 0 Å². The molecule has 1 aromatic carbocycles. The summed E-state index contributed by atoms with van der Waals surface area (Å²) in [6, 6.07) is 10.9. The lowest BCUT2D eigenvalue weighted by Gasteiger charge is -2.27. The van der Waals surface area contributed by atoms with Crippen LogP contribution < -0.4 is 9.47 Å². The molecule has 2 aromatic rings. The normalized spacial score (nSPS) is 20.7. The van der Waals surface area contributed by atoms with Gasteiger partial charge in [0.25, 0.3) is 0 Å². The predicted octanol–water partition coefficient (Wildman–Crippen LogP) is 2.69. The molecule has 0 spiro atoms. The van der Waals surface area contributed by atoms with Gasteiger partial charge in [-0.3, -0.25) is 14.6 Å². The zero-order chi connectivity index (χ0) is 21.6. The number of benzene rings is 1. The Morgan fingerprint density at radius 1 is 1.10 bits per heavy atom. The summed E-state index contributed by atoms with van der Waals surface area (Å²) in [7, 11) is 1.63. The van der Waals surface area contributed by atoms with E-state index in [0.29, 0.717) is 31.6 Å². The van der Waals surface area contributed by atoms with Crippen molar-refractivity contribution in [3.63, 3.8) is 0 Å². The molecule has 4 rings (SSSR count). The first-order valence-corrected chi connectivity index (χ1v) is 10.9. The van der Waals surface area contributed by atoms with Crippen molar-refractivity contribution in [2.45, 2.75) is 44.2 Å². The van der Waals surface area contributed by atoms with E-state index in [1.807, 2.05) is 41.3 Å². The number of carbonyl (C=O) groups excluding carboxylic acids is 2. The van der Waals surface area contributed by atoms with Crippen LogP contribution in [0.4, 0.5) is 0 Å². The van der Waals surface area contributed by atoms with E-state index >= 15 is 0 Å². The molecular weight excluding hydrogens is 394 g/mol. The molecule has 2 aliphatic rings. The summed E-state index contributed by atoms with van der Waals surface area (Å²) in [5, 5.41) is 0. The van der Waals surface area contributed by atoms with Gasteiger partial charge in [0.1, 0.15) is 23.6 Å². The van der Waals surface area contributed by atoms with Crippen LogP contribution in [0, 0.1) is 0 Å². The summed E-state index contributed by atoms with van der Waals surface area (Å²) in [5.74, 6) is 1.49. The molecule has 2 atom stereocenters. The van der Waals surface area contributed by atoms with E-state index in [-0.39, 0.29) is 17.9 Å². The molecule has 0 saturated carbocycles. The molecule has 2 amide bonds. The molecule has 31 heavy (non-hydrogen) atoms. The Bertz CT molecular complexity index is 881. The first kappa shape index (κ1) is 21.2. The fourth-order valence-electron chi connectivity index (χ4n) is 4.34. The van der Waals surface area contributed by atoms with Crippen molar-refractivity contribution in [3.8, 4) is 11.5 Å². The maximum Gasteiger partial charge on any atom is 0.245 e. The van der Waals surface area contributed by atoms with Crippen molar-refractivity contribution in [3.05, 3.63) is 54.4 Å². The third-order valence-corrected chi connectivity index (χ3v) is 6.01. The standard InChI is InChI=1S/C24H29N3O4/c1-30-19-9-6-18(7-10-19)8-11-23(28)27-17-21(31-20-5-4-12-25-16-20)15-22(27)24(29)26-13-2-3-14-26/h4-7,9-10,12,16,21-22H,2-3,8,11,13-15,17H2,1H3. The van der Waals surface area contributed by atoms with Gasteiger partial charge in [0.05, 0.1) is 19.9 Å². The topological polar surface area (TPSA) is 72.0 Å². The number of rotatable bonds is 7. The van der Waals surface area contributed by atoms with E-state index in [1.165, 1.54) is 0 Å². The second-order valence-corrected chi connectivity index (χ2v) is 8.11. The Hall–Kier alpha value is -3.09. The predicted molar refractivity (Wildman–Crippen MR) is 116 cm³/mol. The number of nitrogens with zero attached hydrogens (tertiary/aromatic N) is 3. The van der Waals surface area contributed by atoms with Crippen molar-refractivity contribution >= 4 is 11.8 Å². The molecule has 7 heteroatoms. The number of hydrogen-bond donors (Lipinski definition) is 0. The molecule has 7 nitrogen and oxygen atoms in total. The number of carbonyl (C=O) groups is 2. The zero-order valence-corrected chi connectivity index (χ0v) is 17.9. The Morgan fingerprint density at radius 3 is 2.55 bits per heavy atom.